The second-order valence-corrected chi connectivity index (χ2v) is 8.07. The molecule has 1 aliphatic carbocycles. The molecular formula is C13H16N2O3S2. The molecule has 0 radical (unpaired) electrons. The Morgan fingerprint density at radius 3 is 2.70 bits per heavy atom. The van der Waals surface area contributed by atoms with Gasteiger partial charge in [0.15, 0.2) is 0 Å². The minimum absolute atomic E-state index is 0.0912. The molecule has 7 heteroatoms. The molecule has 0 aliphatic heterocycles. The van der Waals surface area contributed by atoms with Gasteiger partial charge in [0.25, 0.3) is 10.0 Å². The first kappa shape index (κ1) is 13.8. The fourth-order valence-corrected chi connectivity index (χ4v) is 5.07. The summed E-state index contributed by atoms with van der Waals surface area (Å²) in [5.41, 5.74) is 5.55. The largest absolute Gasteiger partial charge is 0.468 e. The molecule has 2 heterocycles. The maximum absolute atomic E-state index is 12.7. The number of thiophene rings is 1. The van der Waals surface area contributed by atoms with Crippen LogP contribution in [0.2, 0.25) is 0 Å². The third-order valence-corrected chi connectivity index (χ3v) is 6.72. The number of rotatable bonds is 6. The van der Waals surface area contributed by atoms with Gasteiger partial charge in [0.2, 0.25) is 0 Å². The van der Waals surface area contributed by atoms with Gasteiger partial charge in [-0.15, -0.1) is 11.3 Å². The zero-order valence-corrected chi connectivity index (χ0v) is 12.5. The van der Waals surface area contributed by atoms with Crippen LogP contribution in [0.15, 0.2) is 39.2 Å². The van der Waals surface area contributed by atoms with E-state index in [1.807, 2.05) is 0 Å². The van der Waals surface area contributed by atoms with Gasteiger partial charge >= 0.3 is 0 Å². The lowest BCUT2D eigenvalue weighted by atomic mass is 10.4. The SMILES string of the molecule is NCc1ccc(S(=O)(=O)N(Cc2ccco2)C2CC2)s1. The highest BCUT2D eigenvalue weighted by atomic mass is 32.2. The zero-order valence-electron chi connectivity index (χ0n) is 10.9. The molecule has 1 fully saturated rings. The first-order valence-electron chi connectivity index (χ1n) is 6.44. The summed E-state index contributed by atoms with van der Waals surface area (Å²) in [5, 5.41) is 0. The maximum Gasteiger partial charge on any atom is 0.253 e. The Labute approximate surface area is 122 Å². The summed E-state index contributed by atoms with van der Waals surface area (Å²) >= 11 is 1.24. The van der Waals surface area contributed by atoms with E-state index in [2.05, 4.69) is 0 Å². The van der Waals surface area contributed by atoms with Crippen molar-refractivity contribution in [1.82, 2.24) is 4.31 Å². The molecular weight excluding hydrogens is 296 g/mol. The number of furan rings is 1. The number of hydrogen-bond acceptors (Lipinski definition) is 5. The van der Waals surface area contributed by atoms with Crippen LogP contribution in [-0.4, -0.2) is 18.8 Å². The fraction of sp³-hybridized carbons (Fsp3) is 0.385. The van der Waals surface area contributed by atoms with Crippen LogP contribution in [0.25, 0.3) is 0 Å². The van der Waals surface area contributed by atoms with Crippen molar-refractivity contribution >= 4 is 21.4 Å². The molecule has 3 rings (SSSR count). The second kappa shape index (κ2) is 5.33. The highest BCUT2D eigenvalue weighted by Gasteiger charge is 2.39. The first-order valence-corrected chi connectivity index (χ1v) is 8.70. The second-order valence-electron chi connectivity index (χ2n) is 4.79. The molecule has 1 saturated carbocycles. The van der Waals surface area contributed by atoms with Crippen molar-refractivity contribution < 1.29 is 12.8 Å². The smallest absolute Gasteiger partial charge is 0.253 e. The topological polar surface area (TPSA) is 76.5 Å². The lowest BCUT2D eigenvalue weighted by Crippen LogP contribution is -2.32. The van der Waals surface area contributed by atoms with Crippen LogP contribution in [0, 0.1) is 0 Å². The van der Waals surface area contributed by atoms with Crippen molar-refractivity contribution in [3.63, 3.8) is 0 Å². The van der Waals surface area contributed by atoms with Gasteiger partial charge in [-0.25, -0.2) is 8.42 Å². The Morgan fingerprint density at radius 1 is 1.35 bits per heavy atom. The molecule has 2 aromatic rings. The van der Waals surface area contributed by atoms with Crippen molar-refractivity contribution in [3.05, 3.63) is 41.2 Å². The van der Waals surface area contributed by atoms with E-state index in [1.165, 1.54) is 15.6 Å². The molecule has 2 N–H and O–H groups in total. The number of sulfonamides is 1. The summed E-state index contributed by atoms with van der Waals surface area (Å²) in [7, 11) is -3.47. The minimum Gasteiger partial charge on any atom is -0.468 e. The van der Waals surface area contributed by atoms with E-state index in [0.717, 1.165) is 17.7 Å². The van der Waals surface area contributed by atoms with Crippen LogP contribution < -0.4 is 5.73 Å². The summed E-state index contributed by atoms with van der Waals surface area (Å²) < 4.78 is 32.6. The van der Waals surface area contributed by atoms with Gasteiger partial charge in [0.05, 0.1) is 12.8 Å². The monoisotopic (exact) mass is 312 g/mol. The van der Waals surface area contributed by atoms with Crippen molar-refractivity contribution in [2.75, 3.05) is 0 Å². The van der Waals surface area contributed by atoms with Crippen LogP contribution in [0.3, 0.4) is 0 Å². The number of nitrogens with zero attached hydrogens (tertiary/aromatic N) is 1. The molecule has 0 aromatic carbocycles. The van der Waals surface area contributed by atoms with Gasteiger partial charge in [0, 0.05) is 17.5 Å². The van der Waals surface area contributed by atoms with E-state index in [4.69, 9.17) is 10.2 Å². The minimum atomic E-state index is -3.47. The van der Waals surface area contributed by atoms with Crippen LogP contribution in [0.4, 0.5) is 0 Å². The molecule has 0 amide bonds. The Balaban J connectivity index is 1.89. The number of hydrogen-bond donors (Lipinski definition) is 1. The van der Waals surface area contributed by atoms with Crippen molar-refractivity contribution in [3.8, 4) is 0 Å². The summed E-state index contributed by atoms with van der Waals surface area (Å²) in [6.45, 7) is 0.650. The van der Waals surface area contributed by atoms with Crippen molar-refractivity contribution in [2.45, 2.75) is 36.2 Å². The van der Waals surface area contributed by atoms with Gasteiger partial charge in [0.1, 0.15) is 9.97 Å². The van der Waals surface area contributed by atoms with Gasteiger partial charge < -0.3 is 10.2 Å². The predicted octanol–water partition coefficient (Wildman–Crippen LogP) is 2.15. The average Bonchev–Trinajstić information content (AvgIpc) is 2.96. The van der Waals surface area contributed by atoms with E-state index in [0.29, 0.717) is 16.5 Å². The third-order valence-electron chi connectivity index (χ3n) is 3.25. The Bertz CT molecular complexity index is 672. The Kier molecular flexibility index (Phi) is 3.68. The molecule has 5 nitrogen and oxygen atoms in total. The molecule has 0 saturated heterocycles. The van der Waals surface area contributed by atoms with E-state index in [1.54, 1.807) is 30.5 Å². The lowest BCUT2D eigenvalue weighted by Gasteiger charge is -2.19. The van der Waals surface area contributed by atoms with Gasteiger partial charge in [-0.05, 0) is 37.1 Å². The van der Waals surface area contributed by atoms with E-state index in [-0.39, 0.29) is 12.6 Å². The molecule has 2 aromatic heterocycles. The van der Waals surface area contributed by atoms with E-state index < -0.39 is 10.0 Å². The van der Waals surface area contributed by atoms with Crippen LogP contribution in [0.1, 0.15) is 23.5 Å². The molecule has 0 bridgehead atoms. The molecule has 108 valence electrons. The predicted molar refractivity (Wildman–Crippen MR) is 76.7 cm³/mol. The van der Waals surface area contributed by atoms with Crippen LogP contribution in [-0.2, 0) is 23.1 Å². The molecule has 0 spiro atoms. The van der Waals surface area contributed by atoms with E-state index >= 15 is 0 Å². The standard InChI is InChI=1S/C13H16N2O3S2/c14-8-12-5-6-13(19-12)20(16,17)15(10-3-4-10)9-11-2-1-7-18-11/h1-2,5-7,10H,3-4,8-9,14H2. The average molecular weight is 312 g/mol. The molecule has 0 unspecified atom stereocenters. The normalized spacial score (nSPS) is 15.9. The summed E-state index contributed by atoms with van der Waals surface area (Å²) in [6, 6.07) is 7.07. The highest BCUT2D eigenvalue weighted by Crippen LogP contribution is 2.35. The van der Waals surface area contributed by atoms with Gasteiger partial charge in [-0.1, -0.05) is 0 Å². The summed E-state index contributed by atoms with van der Waals surface area (Å²) in [4.78, 5) is 0.873. The maximum atomic E-state index is 12.7. The first-order chi connectivity index (χ1) is 9.61. The van der Waals surface area contributed by atoms with Gasteiger partial charge in [-0.3, -0.25) is 0 Å². The third kappa shape index (κ3) is 2.67. The Hall–Kier alpha value is -1.15. The van der Waals surface area contributed by atoms with Crippen LogP contribution in [0.5, 0.6) is 0 Å². The molecule has 0 atom stereocenters. The van der Waals surface area contributed by atoms with Crippen LogP contribution >= 0.6 is 11.3 Å². The molecule has 20 heavy (non-hydrogen) atoms. The van der Waals surface area contributed by atoms with Crippen molar-refractivity contribution in [1.29, 1.82) is 0 Å². The summed E-state index contributed by atoms with van der Waals surface area (Å²) in [6.07, 6.45) is 3.38. The highest BCUT2D eigenvalue weighted by molar-refractivity contribution is 7.91. The van der Waals surface area contributed by atoms with Gasteiger partial charge in [-0.2, -0.15) is 4.31 Å². The quantitative estimate of drug-likeness (QED) is 0.886. The zero-order chi connectivity index (χ0) is 14.2. The van der Waals surface area contributed by atoms with E-state index in [9.17, 15) is 8.42 Å². The Morgan fingerprint density at radius 2 is 2.15 bits per heavy atom. The number of nitrogens with two attached hydrogens (primary N) is 1. The summed E-state index contributed by atoms with van der Waals surface area (Å²) in [5.74, 6) is 0.663. The lowest BCUT2D eigenvalue weighted by molar-refractivity contribution is 0.357. The fourth-order valence-electron chi connectivity index (χ4n) is 2.05. The molecule has 1 aliphatic rings. The van der Waals surface area contributed by atoms with Crippen molar-refractivity contribution in [2.24, 2.45) is 5.73 Å².